The molecule has 1 saturated heterocycles. The van der Waals surface area contributed by atoms with Gasteiger partial charge in [-0.25, -0.2) is 9.37 Å². The van der Waals surface area contributed by atoms with Crippen LogP contribution in [0.25, 0.3) is 0 Å². The van der Waals surface area contributed by atoms with Crippen LogP contribution in [0.5, 0.6) is 0 Å². The van der Waals surface area contributed by atoms with Crippen LogP contribution in [0, 0.1) is 5.82 Å². The normalized spacial score (nSPS) is 17.3. The third-order valence-corrected chi connectivity index (χ3v) is 8.05. The third kappa shape index (κ3) is 6.13. The summed E-state index contributed by atoms with van der Waals surface area (Å²) in [6.45, 7) is 0.513. The van der Waals surface area contributed by atoms with Gasteiger partial charge in [-0.1, -0.05) is 41.9 Å². The molecule has 2 aliphatic rings. The molecule has 0 radical (unpaired) electrons. The minimum Gasteiger partial charge on any atom is -0.350 e. The van der Waals surface area contributed by atoms with Gasteiger partial charge in [0.05, 0.1) is 16.6 Å². The molecule has 12 heteroatoms. The van der Waals surface area contributed by atoms with E-state index in [1.54, 1.807) is 17.2 Å². The Labute approximate surface area is 257 Å². The standard InChI is InChI=1S/C31H27ClFN7O2S/c32-24-15-19(29(41)36-26-12-14-40(30(26)42)21-5-2-1-3-6-21)17-35-28(24)38-39-31(43)37-27-22-7-4-13-34-25(22)11-9-18-8-10-20(33)16-23(18)27/h1-8,10,13,15-17,26-27H,9,11-12,14H2,(H,35,38)(H,36,41)(H2,37,39,43)/t26-,27?/m1/s1. The Hall–Kier alpha value is -4.61. The lowest BCUT2D eigenvalue weighted by Crippen LogP contribution is -2.42. The number of benzene rings is 2. The largest absolute Gasteiger partial charge is 0.350 e. The van der Waals surface area contributed by atoms with E-state index in [0.717, 1.165) is 40.9 Å². The number of nitrogens with one attached hydrogen (secondary N) is 4. The quantitative estimate of drug-likeness (QED) is 0.186. The second-order valence-corrected chi connectivity index (χ2v) is 11.0. The molecule has 1 aliphatic carbocycles. The van der Waals surface area contributed by atoms with E-state index in [1.165, 1.54) is 24.4 Å². The molecule has 0 spiro atoms. The highest BCUT2D eigenvalue weighted by Gasteiger charge is 2.34. The number of thiocarbonyl (C=S) groups is 1. The number of rotatable bonds is 6. The molecule has 0 saturated carbocycles. The first-order chi connectivity index (χ1) is 20.9. The van der Waals surface area contributed by atoms with Gasteiger partial charge in [0.15, 0.2) is 10.9 Å². The van der Waals surface area contributed by atoms with Crippen LogP contribution in [0.1, 0.15) is 45.2 Å². The van der Waals surface area contributed by atoms with Crippen molar-refractivity contribution < 1.29 is 14.0 Å². The molecular formula is C31H27ClFN7O2S. The first-order valence-corrected chi connectivity index (χ1v) is 14.5. The summed E-state index contributed by atoms with van der Waals surface area (Å²) in [5.74, 6) is -0.713. The van der Waals surface area contributed by atoms with Crippen molar-refractivity contribution >= 4 is 52.3 Å². The number of carbonyl (C=O) groups excluding carboxylic acids is 2. The molecule has 2 aromatic carbocycles. The maximum atomic E-state index is 14.3. The summed E-state index contributed by atoms with van der Waals surface area (Å²) in [5.41, 5.74) is 10.4. The highest BCUT2D eigenvalue weighted by Crippen LogP contribution is 2.32. The summed E-state index contributed by atoms with van der Waals surface area (Å²) in [6, 6.07) is 18.3. The summed E-state index contributed by atoms with van der Waals surface area (Å²) < 4.78 is 14.3. The fourth-order valence-corrected chi connectivity index (χ4v) is 5.80. The predicted molar refractivity (Wildman–Crippen MR) is 166 cm³/mol. The van der Waals surface area contributed by atoms with Gasteiger partial charge in [-0.05, 0) is 79.0 Å². The zero-order chi connectivity index (χ0) is 29.9. The number of pyridine rings is 2. The molecular weight excluding hydrogens is 589 g/mol. The van der Waals surface area contributed by atoms with Crippen molar-refractivity contribution in [3.63, 3.8) is 0 Å². The van der Waals surface area contributed by atoms with Crippen LogP contribution in [-0.2, 0) is 17.6 Å². The van der Waals surface area contributed by atoms with Gasteiger partial charge >= 0.3 is 0 Å². The summed E-state index contributed by atoms with van der Waals surface area (Å²) >= 11 is 12.0. The van der Waals surface area contributed by atoms with Crippen LogP contribution in [0.4, 0.5) is 15.9 Å². The van der Waals surface area contributed by atoms with Gasteiger partial charge in [0, 0.05) is 35.9 Å². The second-order valence-electron chi connectivity index (χ2n) is 10.2. The van der Waals surface area contributed by atoms with Crippen LogP contribution < -0.4 is 26.4 Å². The number of aromatic nitrogens is 2. The number of halogens is 2. The van der Waals surface area contributed by atoms with E-state index in [0.29, 0.717) is 13.0 Å². The molecule has 9 nitrogen and oxygen atoms in total. The van der Waals surface area contributed by atoms with Crippen LogP contribution in [0.3, 0.4) is 0 Å². The van der Waals surface area contributed by atoms with Crippen molar-refractivity contribution in [1.82, 2.24) is 26.0 Å². The highest BCUT2D eigenvalue weighted by molar-refractivity contribution is 7.80. The monoisotopic (exact) mass is 615 g/mol. The number of para-hydroxylation sites is 1. The van der Waals surface area contributed by atoms with E-state index in [9.17, 15) is 14.0 Å². The molecule has 4 aromatic rings. The third-order valence-electron chi connectivity index (χ3n) is 7.54. The molecule has 2 aromatic heterocycles. The van der Waals surface area contributed by atoms with Crippen molar-refractivity contribution in [1.29, 1.82) is 0 Å². The van der Waals surface area contributed by atoms with Crippen molar-refractivity contribution in [2.45, 2.75) is 31.3 Å². The maximum absolute atomic E-state index is 14.3. The minimum atomic E-state index is -0.641. The lowest BCUT2D eigenvalue weighted by Gasteiger charge is -2.23. The first kappa shape index (κ1) is 28.5. The van der Waals surface area contributed by atoms with Crippen molar-refractivity contribution in [2.24, 2.45) is 0 Å². The molecule has 2 atom stereocenters. The molecule has 4 N–H and O–H groups in total. The zero-order valence-corrected chi connectivity index (χ0v) is 24.4. The van der Waals surface area contributed by atoms with Gasteiger partial charge in [-0.3, -0.25) is 25.4 Å². The van der Waals surface area contributed by atoms with E-state index >= 15 is 0 Å². The molecule has 43 heavy (non-hydrogen) atoms. The Kier molecular flexibility index (Phi) is 8.17. The lowest BCUT2D eigenvalue weighted by molar-refractivity contribution is -0.118. The number of carbonyl (C=O) groups is 2. The van der Waals surface area contributed by atoms with E-state index in [1.807, 2.05) is 42.5 Å². The number of fused-ring (bicyclic) bond motifs is 2. The van der Waals surface area contributed by atoms with Crippen molar-refractivity contribution in [2.75, 3.05) is 16.9 Å². The summed E-state index contributed by atoms with van der Waals surface area (Å²) in [7, 11) is 0. The van der Waals surface area contributed by atoms with Crippen LogP contribution >= 0.6 is 23.8 Å². The van der Waals surface area contributed by atoms with Gasteiger partial charge in [0.2, 0.25) is 5.91 Å². The maximum Gasteiger partial charge on any atom is 0.253 e. The second kappa shape index (κ2) is 12.3. The Morgan fingerprint density at radius 3 is 2.65 bits per heavy atom. The highest BCUT2D eigenvalue weighted by atomic mass is 35.5. The molecule has 3 heterocycles. The molecule has 2 amide bonds. The fourth-order valence-electron chi connectivity index (χ4n) is 5.42. The van der Waals surface area contributed by atoms with E-state index in [-0.39, 0.29) is 33.2 Å². The number of hydrazine groups is 1. The summed E-state index contributed by atoms with van der Waals surface area (Å²) in [6.07, 6.45) is 5.06. The van der Waals surface area contributed by atoms with Crippen molar-refractivity contribution in [3.8, 4) is 0 Å². The van der Waals surface area contributed by atoms with E-state index < -0.39 is 18.0 Å². The lowest BCUT2D eigenvalue weighted by atomic mass is 9.96. The number of hydrogen-bond acceptors (Lipinski definition) is 6. The van der Waals surface area contributed by atoms with Gasteiger partial charge in [-0.2, -0.15) is 0 Å². The van der Waals surface area contributed by atoms with Crippen LogP contribution in [0.2, 0.25) is 5.02 Å². The summed E-state index contributed by atoms with van der Waals surface area (Å²) in [5, 5.41) is 6.43. The van der Waals surface area contributed by atoms with Gasteiger partial charge < -0.3 is 15.5 Å². The molecule has 0 bridgehead atoms. The Morgan fingerprint density at radius 2 is 1.84 bits per heavy atom. The van der Waals surface area contributed by atoms with Gasteiger partial charge in [0.25, 0.3) is 5.91 Å². The number of aryl methyl sites for hydroxylation is 2. The SMILES string of the molecule is O=C(N[C@@H]1CCN(c2ccccc2)C1=O)c1cnc(NNC(=S)NC2c3cc(F)ccc3CCc3ncccc32)c(Cl)c1. The number of amides is 2. The average molecular weight is 616 g/mol. The van der Waals surface area contributed by atoms with Crippen LogP contribution in [0.15, 0.2) is 79.1 Å². The number of anilines is 2. The molecule has 1 fully saturated rings. The molecule has 1 aliphatic heterocycles. The average Bonchev–Trinajstić information content (AvgIpc) is 3.30. The smallest absolute Gasteiger partial charge is 0.253 e. The Bertz CT molecular complexity index is 1710. The van der Waals surface area contributed by atoms with E-state index in [2.05, 4.69) is 31.5 Å². The molecule has 1 unspecified atom stereocenters. The topological polar surface area (TPSA) is 111 Å². The first-order valence-electron chi connectivity index (χ1n) is 13.7. The minimum absolute atomic E-state index is 0.167. The summed E-state index contributed by atoms with van der Waals surface area (Å²) in [4.78, 5) is 36.2. The predicted octanol–water partition coefficient (Wildman–Crippen LogP) is 4.48. The number of nitrogens with zero attached hydrogens (tertiary/aromatic N) is 3. The van der Waals surface area contributed by atoms with Gasteiger partial charge in [0.1, 0.15) is 11.9 Å². The van der Waals surface area contributed by atoms with Crippen molar-refractivity contribution in [3.05, 3.63) is 118 Å². The fraction of sp³-hybridized carbons (Fsp3) is 0.194. The van der Waals surface area contributed by atoms with E-state index in [4.69, 9.17) is 23.8 Å². The molecule has 218 valence electrons. The molecule has 6 rings (SSSR count). The van der Waals surface area contributed by atoms with Gasteiger partial charge in [-0.15, -0.1) is 0 Å². The number of hydrogen-bond donors (Lipinski definition) is 4. The zero-order valence-electron chi connectivity index (χ0n) is 22.8. The Morgan fingerprint density at radius 1 is 1.00 bits per heavy atom. The Balaban J connectivity index is 1.09. The van der Waals surface area contributed by atoms with Crippen LogP contribution in [-0.4, -0.2) is 39.5 Å².